The molecule has 0 saturated heterocycles. The van der Waals surface area contributed by atoms with Crippen LogP contribution in [0.1, 0.15) is 30.8 Å². The van der Waals surface area contributed by atoms with E-state index in [1.54, 1.807) is 12.3 Å². The number of hydrogen-bond acceptors (Lipinski definition) is 3. The zero-order valence-electron chi connectivity index (χ0n) is 13.0. The molecule has 6 heteroatoms. The first-order chi connectivity index (χ1) is 11.0. The first-order valence-electron chi connectivity index (χ1n) is 7.55. The van der Waals surface area contributed by atoms with Crippen LogP contribution in [0, 0.1) is 5.82 Å². The minimum atomic E-state index is -0.949. The van der Waals surface area contributed by atoms with Crippen molar-refractivity contribution in [2.24, 2.45) is 0 Å². The van der Waals surface area contributed by atoms with Gasteiger partial charge in [-0.3, -0.25) is 0 Å². The van der Waals surface area contributed by atoms with Gasteiger partial charge in [-0.15, -0.1) is 0 Å². The van der Waals surface area contributed by atoms with E-state index >= 15 is 0 Å². The summed E-state index contributed by atoms with van der Waals surface area (Å²) in [6.07, 6.45) is 2.15. The second-order valence-electron chi connectivity index (χ2n) is 5.44. The van der Waals surface area contributed by atoms with Crippen LogP contribution in [0.3, 0.4) is 0 Å². The van der Waals surface area contributed by atoms with Crippen LogP contribution in [0.4, 0.5) is 9.18 Å². The quantitative estimate of drug-likeness (QED) is 0.734. The van der Waals surface area contributed by atoms with Gasteiger partial charge in [0.2, 0.25) is 0 Å². The molecular weight excluding hydrogens is 299 g/mol. The van der Waals surface area contributed by atoms with Crippen molar-refractivity contribution in [1.82, 2.24) is 10.6 Å². The molecule has 0 spiro atoms. The second-order valence-corrected chi connectivity index (χ2v) is 5.44. The summed E-state index contributed by atoms with van der Waals surface area (Å²) in [7, 11) is 0. The Morgan fingerprint density at radius 1 is 1.35 bits per heavy atom. The van der Waals surface area contributed by atoms with Crippen LogP contribution in [0.25, 0.3) is 0 Å². The molecule has 23 heavy (non-hydrogen) atoms. The van der Waals surface area contributed by atoms with Crippen molar-refractivity contribution in [1.29, 1.82) is 0 Å². The molecule has 2 unspecified atom stereocenters. The van der Waals surface area contributed by atoms with Crippen molar-refractivity contribution in [3.8, 4) is 0 Å². The summed E-state index contributed by atoms with van der Waals surface area (Å²) in [6, 6.07) is 8.99. The maximum Gasteiger partial charge on any atom is 0.315 e. The normalized spacial score (nSPS) is 13.3. The zero-order chi connectivity index (χ0) is 16.7. The molecule has 2 aromatic rings. The lowest BCUT2D eigenvalue weighted by Gasteiger charge is -2.16. The lowest BCUT2D eigenvalue weighted by molar-refractivity contribution is 0.172. The number of hydrogen-bond donors (Lipinski definition) is 3. The Hall–Kier alpha value is -2.34. The fourth-order valence-electron chi connectivity index (χ4n) is 2.18. The highest BCUT2D eigenvalue weighted by molar-refractivity contribution is 5.74. The predicted octanol–water partition coefficient (Wildman–Crippen LogP) is 2.77. The van der Waals surface area contributed by atoms with Crippen LogP contribution in [0.15, 0.2) is 47.1 Å². The summed E-state index contributed by atoms with van der Waals surface area (Å²) in [6.45, 7) is 1.91. The van der Waals surface area contributed by atoms with Crippen LogP contribution >= 0.6 is 0 Å². The highest BCUT2D eigenvalue weighted by atomic mass is 19.1. The van der Waals surface area contributed by atoms with Crippen molar-refractivity contribution in [3.05, 3.63) is 59.8 Å². The summed E-state index contributed by atoms with van der Waals surface area (Å²) in [5.41, 5.74) is 0.427. The van der Waals surface area contributed by atoms with E-state index in [4.69, 9.17) is 4.42 Å². The molecule has 0 aliphatic carbocycles. The fraction of sp³-hybridized carbons (Fsp3) is 0.353. The number of urea groups is 1. The minimum Gasteiger partial charge on any atom is -0.469 e. The van der Waals surface area contributed by atoms with Crippen molar-refractivity contribution >= 4 is 6.03 Å². The molecule has 5 nitrogen and oxygen atoms in total. The molecule has 0 bridgehead atoms. The molecule has 2 amide bonds. The van der Waals surface area contributed by atoms with Gasteiger partial charge in [0.15, 0.2) is 0 Å². The van der Waals surface area contributed by atoms with Crippen LogP contribution in [0.2, 0.25) is 0 Å². The number of halogens is 1. The van der Waals surface area contributed by atoms with E-state index in [1.807, 2.05) is 19.1 Å². The number of aliphatic hydroxyl groups excluding tert-OH is 1. The summed E-state index contributed by atoms with van der Waals surface area (Å²) < 4.78 is 18.3. The first-order valence-corrected chi connectivity index (χ1v) is 7.55. The van der Waals surface area contributed by atoms with Gasteiger partial charge in [0, 0.05) is 19.0 Å². The molecule has 0 saturated carbocycles. The molecule has 2 atom stereocenters. The van der Waals surface area contributed by atoms with Gasteiger partial charge in [-0.25, -0.2) is 9.18 Å². The van der Waals surface area contributed by atoms with Gasteiger partial charge in [-0.1, -0.05) is 12.1 Å². The van der Waals surface area contributed by atoms with E-state index in [0.29, 0.717) is 5.56 Å². The van der Waals surface area contributed by atoms with E-state index in [2.05, 4.69) is 10.6 Å². The van der Waals surface area contributed by atoms with Crippen molar-refractivity contribution in [2.45, 2.75) is 31.9 Å². The third-order valence-corrected chi connectivity index (χ3v) is 3.47. The van der Waals surface area contributed by atoms with Crippen molar-refractivity contribution in [2.75, 3.05) is 6.54 Å². The van der Waals surface area contributed by atoms with Gasteiger partial charge >= 0.3 is 6.03 Å². The van der Waals surface area contributed by atoms with Gasteiger partial charge < -0.3 is 20.2 Å². The molecular formula is C17H21FN2O3. The number of nitrogens with one attached hydrogen (secondary N) is 2. The highest BCUT2D eigenvalue weighted by Gasteiger charge is 2.12. The van der Waals surface area contributed by atoms with Crippen LogP contribution in [0.5, 0.6) is 0 Å². The van der Waals surface area contributed by atoms with E-state index in [9.17, 15) is 14.3 Å². The van der Waals surface area contributed by atoms with E-state index < -0.39 is 11.9 Å². The number of aliphatic hydroxyl groups is 1. The Bertz CT molecular complexity index is 616. The summed E-state index contributed by atoms with van der Waals surface area (Å²) in [5.74, 6) is 0.457. The molecule has 124 valence electrons. The Kier molecular flexibility index (Phi) is 6.17. The summed E-state index contributed by atoms with van der Waals surface area (Å²) >= 11 is 0. The Morgan fingerprint density at radius 2 is 2.17 bits per heavy atom. The molecule has 1 aromatic heterocycles. The van der Waals surface area contributed by atoms with Gasteiger partial charge in [-0.05, 0) is 43.2 Å². The fourth-order valence-corrected chi connectivity index (χ4v) is 2.18. The monoisotopic (exact) mass is 320 g/mol. The molecule has 1 heterocycles. The first kappa shape index (κ1) is 17.0. The van der Waals surface area contributed by atoms with Gasteiger partial charge in [-0.2, -0.15) is 0 Å². The Labute approximate surface area is 134 Å². The number of carbonyl (C=O) groups excluding carboxylic acids is 1. The average Bonchev–Trinajstić information content (AvgIpc) is 3.04. The van der Waals surface area contributed by atoms with Crippen molar-refractivity contribution < 1.29 is 18.7 Å². The van der Waals surface area contributed by atoms with Gasteiger partial charge in [0.1, 0.15) is 11.6 Å². The molecule has 0 fully saturated rings. The highest BCUT2D eigenvalue weighted by Crippen LogP contribution is 2.13. The molecule has 3 N–H and O–H groups in total. The maximum atomic E-state index is 13.1. The number of aryl methyl sites for hydroxylation is 1. The molecule has 0 aliphatic rings. The second kappa shape index (κ2) is 8.33. The predicted molar refractivity (Wildman–Crippen MR) is 84.4 cm³/mol. The summed E-state index contributed by atoms with van der Waals surface area (Å²) in [5, 5.41) is 15.3. The third kappa shape index (κ3) is 5.75. The summed E-state index contributed by atoms with van der Waals surface area (Å²) in [4.78, 5) is 11.8. The lowest BCUT2D eigenvalue weighted by Crippen LogP contribution is -2.42. The molecule has 1 aromatic carbocycles. The number of benzene rings is 1. The number of furan rings is 1. The van der Waals surface area contributed by atoms with Crippen LogP contribution in [-0.4, -0.2) is 23.7 Å². The minimum absolute atomic E-state index is 0.0141. The van der Waals surface area contributed by atoms with Crippen molar-refractivity contribution in [3.63, 3.8) is 0 Å². The van der Waals surface area contributed by atoms with Gasteiger partial charge in [0.05, 0.1) is 12.4 Å². The molecule has 2 rings (SSSR count). The number of carbonyl (C=O) groups is 1. The molecule has 0 aliphatic heterocycles. The van der Waals surface area contributed by atoms with E-state index in [-0.39, 0.29) is 18.6 Å². The number of rotatable bonds is 7. The number of amides is 2. The topological polar surface area (TPSA) is 74.5 Å². The zero-order valence-corrected chi connectivity index (χ0v) is 13.0. The van der Waals surface area contributed by atoms with Crippen LogP contribution in [-0.2, 0) is 6.42 Å². The Morgan fingerprint density at radius 3 is 2.87 bits per heavy atom. The van der Waals surface area contributed by atoms with Crippen LogP contribution < -0.4 is 10.6 Å². The van der Waals surface area contributed by atoms with Gasteiger partial charge in [0.25, 0.3) is 0 Å². The third-order valence-electron chi connectivity index (χ3n) is 3.47. The lowest BCUT2D eigenvalue weighted by atomic mass is 10.1. The largest absolute Gasteiger partial charge is 0.469 e. The SMILES string of the molecule is CC(CCc1ccco1)NC(=O)NCC(O)c1cccc(F)c1. The smallest absolute Gasteiger partial charge is 0.315 e. The van der Waals surface area contributed by atoms with E-state index in [1.165, 1.54) is 18.2 Å². The van der Waals surface area contributed by atoms with E-state index in [0.717, 1.165) is 18.6 Å². The maximum absolute atomic E-state index is 13.1. The average molecular weight is 320 g/mol. The Balaban J connectivity index is 1.69. The molecule has 0 radical (unpaired) electrons. The standard InChI is InChI=1S/C17H21FN2O3/c1-12(7-8-15-6-3-9-23-15)20-17(22)19-11-16(21)13-4-2-5-14(18)10-13/h2-6,9-10,12,16,21H,7-8,11H2,1H3,(H2,19,20,22).